The smallest absolute Gasteiger partial charge is 0.254 e. The van der Waals surface area contributed by atoms with Gasteiger partial charge in [-0.2, -0.15) is 0 Å². The number of halogens is 1. The number of hydrogen-bond acceptors (Lipinski definition) is 4. The van der Waals surface area contributed by atoms with Crippen LogP contribution < -0.4 is 4.74 Å². The molecule has 1 aliphatic rings. The maximum Gasteiger partial charge on any atom is 0.254 e. The van der Waals surface area contributed by atoms with Gasteiger partial charge < -0.3 is 14.4 Å². The molecule has 1 saturated heterocycles. The maximum atomic E-state index is 13.4. The Morgan fingerprint density at radius 2 is 1.97 bits per heavy atom. The lowest BCUT2D eigenvalue weighted by molar-refractivity contribution is 0.0737. The highest BCUT2D eigenvalue weighted by Gasteiger charge is 2.24. The molecule has 1 fully saturated rings. The molecule has 5 rings (SSSR count). The second kappa shape index (κ2) is 10.7. The topological polar surface area (TPSA) is 51.7 Å². The predicted molar refractivity (Wildman–Crippen MR) is 133 cm³/mol. The van der Waals surface area contributed by atoms with Gasteiger partial charge in [0.05, 0.1) is 13.2 Å². The van der Waals surface area contributed by atoms with Crippen molar-refractivity contribution >= 4 is 16.7 Å². The standard InChI is InChI=1S/C29H27FN2O3/c30-26-8-1-4-21(15-26)20-35-27-9-3-7-25(16-27)29(33)32-12-13-34-19-22(18-32)14-24-6-2-5-23-10-11-31-17-28(23)24/h1-11,15-17,22H,12-14,18-20H2. The second-order valence-electron chi connectivity index (χ2n) is 8.86. The van der Waals surface area contributed by atoms with Gasteiger partial charge in [0.25, 0.3) is 5.91 Å². The molecule has 5 nitrogen and oxygen atoms in total. The minimum Gasteiger partial charge on any atom is -0.489 e. The molecule has 1 amide bonds. The molecule has 0 radical (unpaired) electrons. The summed E-state index contributed by atoms with van der Waals surface area (Å²) in [5, 5.41) is 2.30. The van der Waals surface area contributed by atoms with Crippen molar-refractivity contribution in [3.05, 3.63) is 108 Å². The Bertz CT molecular complexity index is 1320. The zero-order valence-corrected chi connectivity index (χ0v) is 19.4. The van der Waals surface area contributed by atoms with Crippen molar-refractivity contribution in [2.24, 2.45) is 5.92 Å². The molecule has 0 N–H and O–H groups in total. The average Bonchev–Trinajstić information content (AvgIpc) is 3.13. The minimum atomic E-state index is -0.298. The van der Waals surface area contributed by atoms with Gasteiger partial charge in [0, 0.05) is 42.4 Å². The maximum absolute atomic E-state index is 13.4. The number of fused-ring (bicyclic) bond motifs is 1. The van der Waals surface area contributed by atoms with E-state index < -0.39 is 0 Å². The highest BCUT2D eigenvalue weighted by atomic mass is 19.1. The van der Waals surface area contributed by atoms with Gasteiger partial charge in [-0.05, 0) is 59.3 Å². The Labute approximate surface area is 204 Å². The van der Waals surface area contributed by atoms with Crippen LogP contribution in [0.25, 0.3) is 10.8 Å². The van der Waals surface area contributed by atoms with E-state index in [2.05, 4.69) is 23.2 Å². The highest BCUT2D eigenvalue weighted by Crippen LogP contribution is 2.23. The van der Waals surface area contributed by atoms with Crippen LogP contribution in [0.15, 0.2) is 85.2 Å². The first-order valence-electron chi connectivity index (χ1n) is 11.8. The number of amides is 1. The summed E-state index contributed by atoms with van der Waals surface area (Å²) < 4.78 is 25.1. The molecule has 3 aromatic carbocycles. The molecule has 1 atom stereocenters. The van der Waals surface area contributed by atoms with Crippen LogP contribution in [0.4, 0.5) is 4.39 Å². The molecule has 0 spiro atoms. The van der Waals surface area contributed by atoms with Gasteiger partial charge >= 0.3 is 0 Å². The summed E-state index contributed by atoms with van der Waals surface area (Å²) in [4.78, 5) is 19.5. The summed E-state index contributed by atoms with van der Waals surface area (Å²) in [7, 11) is 0. The van der Waals surface area contributed by atoms with E-state index >= 15 is 0 Å². The monoisotopic (exact) mass is 470 g/mol. The number of ether oxygens (including phenoxy) is 2. The largest absolute Gasteiger partial charge is 0.489 e. The number of carbonyl (C=O) groups excluding carboxylic acids is 1. The summed E-state index contributed by atoms with van der Waals surface area (Å²) in [5.41, 5.74) is 2.51. The van der Waals surface area contributed by atoms with E-state index in [4.69, 9.17) is 9.47 Å². The van der Waals surface area contributed by atoms with E-state index in [1.165, 1.54) is 17.7 Å². The van der Waals surface area contributed by atoms with E-state index in [9.17, 15) is 9.18 Å². The summed E-state index contributed by atoms with van der Waals surface area (Å²) in [6.45, 7) is 2.51. The van der Waals surface area contributed by atoms with Crippen molar-refractivity contribution in [1.82, 2.24) is 9.88 Å². The molecule has 178 valence electrons. The molecule has 4 aromatic rings. The molecular weight excluding hydrogens is 443 g/mol. The van der Waals surface area contributed by atoms with Crippen molar-refractivity contribution in [1.29, 1.82) is 0 Å². The molecule has 1 aliphatic heterocycles. The van der Waals surface area contributed by atoms with Gasteiger partial charge in [-0.15, -0.1) is 0 Å². The molecule has 1 unspecified atom stereocenters. The molecule has 6 heteroatoms. The van der Waals surface area contributed by atoms with Crippen molar-refractivity contribution in [3.8, 4) is 5.75 Å². The third-order valence-electron chi connectivity index (χ3n) is 6.28. The van der Waals surface area contributed by atoms with Crippen LogP contribution in [0.5, 0.6) is 5.75 Å². The third-order valence-corrected chi connectivity index (χ3v) is 6.28. The minimum absolute atomic E-state index is 0.0451. The molecule has 0 saturated carbocycles. The van der Waals surface area contributed by atoms with Crippen LogP contribution >= 0.6 is 0 Å². The van der Waals surface area contributed by atoms with Crippen LogP contribution in [0.3, 0.4) is 0 Å². The summed E-state index contributed by atoms with van der Waals surface area (Å²) >= 11 is 0. The van der Waals surface area contributed by atoms with Crippen LogP contribution in [-0.4, -0.2) is 42.1 Å². The van der Waals surface area contributed by atoms with Crippen molar-refractivity contribution in [2.75, 3.05) is 26.3 Å². The van der Waals surface area contributed by atoms with Crippen LogP contribution in [0.1, 0.15) is 21.5 Å². The number of benzene rings is 3. The van der Waals surface area contributed by atoms with E-state index in [0.29, 0.717) is 37.6 Å². The lowest BCUT2D eigenvalue weighted by Gasteiger charge is -2.24. The number of rotatable bonds is 6. The first-order chi connectivity index (χ1) is 17.2. The van der Waals surface area contributed by atoms with Crippen LogP contribution in [-0.2, 0) is 17.8 Å². The second-order valence-corrected chi connectivity index (χ2v) is 8.86. The van der Waals surface area contributed by atoms with Gasteiger partial charge in [0.1, 0.15) is 18.2 Å². The van der Waals surface area contributed by atoms with Crippen molar-refractivity contribution in [3.63, 3.8) is 0 Å². The zero-order chi connectivity index (χ0) is 24.0. The summed E-state index contributed by atoms with van der Waals surface area (Å²) in [6.07, 6.45) is 4.52. The molecule has 0 bridgehead atoms. The van der Waals surface area contributed by atoms with Gasteiger partial charge in [0.2, 0.25) is 0 Å². The van der Waals surface area contributed by atoms with E-state index in [-0.39, 0.29) is 24.2 Å². The van der Waals surface area contributed by atoms with Gasteiger partial charge in [-0.3, -0.25) is 9.78 Å². The third kappa shape index (κ3) is 5.66. The van der Waals surface area contributed by atoms with E-state index in [1.54, 1.807) is 30.5 Å². The zero-order valence-electron chi connectivity index (χ0n) is 19.4. The van der Waals surface area contributed by atoms with E-state index in [1.807, 2.05) is 29.3 Å². The Kier molecular flexibility index (Phi) is 7.00. The Hall–Kier alpha value is -3.77. The quantitative estimate of drug-likeness (QED) is 0.385. The molecule has 1 aromatic heterocycles. The first-order valence-corrected chi connectivity index (χ1v) is 11.8. The van der Waals surface area contributed by atoms with Crippen molar-refractivity contribution in [2.45, 2.75) is 13.0 Å². The van der Waals surface area contributed by atoms with Gasteiger partial charge in [-0.25, -0.2) is 4.39 Å². The van der Waals surface area contributed by atoms with Crippen molar-refractivity contribution < 1.29 is 18.7 Å². The fraction of sp³-hybridized carbons (Fsp3) is 0.241. The van der Waals surface area contributed by atoms with Gasteiger partial charge in [0.15, 0.2) is 0 Å². The number of aromatic nitrogens is 1. The fourth-order valence-corrected chi connectivity index (χ4v) is 4.55. The highest BCUT2D eigenvalue weighted by molar-refractivity contribution is 5.94. The number of pyridine rings is 1. The Morgan fingerprint density at radius 1 is 1.09 bits per heavy atom. The molecule has 35 heavy (non-hydrogen) atoms. The Balaban J connectivity index is 1.27. The molecular formula is C29H27FN2O3. The normalized spacial score (nSPS) is 16.1. The molecule has 0 aliphatic carbocycles. The number of hydrogen-bond donors (Lipinski definition) is 0. The summed E-state index contributed by atoms with van der Waals surface area (Å²) in [5.74, 6) is 0.412. The first kappa shape index (κ1) is 23.0. The summed E-state index contributed by atoms with van der Waals surface area (Å²) in [6, 6.07) is 21.8. The lowest BCUT2D eigenvalue weighted by atomic mass is 9.95. The van der Waals surface area contributed by atoms with Crippen LogP contribution in [0.2, 0.25) is 0 Å². The fourth-order valence-electron chi connectivity index (χ4n) is 4.55. The lowest BCUT2D eigenvalue weighted by Crippen LogP contribution is -2.36. The number of carbonyl (C=O) groups is 1. The SMILES string of the molecule is O=C(c1cccc(OCc2cccc(F)c2)c1)N1CCOCC(Cc2cccc3ccncc23)C1. The predicted octanol–water partition coefficient (Wildman–Crippen LogP) is 5.28. The van der Waals surface area contributed by atoms with E-state index in [0.717, 1.165) is 22.8 Å². The molecule has 2 heterocycles. The number of nitrogens with zero attached hydrogens (tertiary/aromatic N) is 2. The van der Waals surface area contributed by atoms with Gasteiger partial charge in [-0.1, -0.05) is 36.4 Å². The van der Waals surface area contributed by atoms with Crippen LogP contribution in [0, 0.1) is 11.7 Å². The average molecular weight is 471 g/mol. The Morgan fingerprint density at radius 3 is 2.89 bits per heavy atom.